The van der Waals surface area contributed by atoms with Crippen LogP contribution in [0.15, 0.2) is 24.3 Å². The fraction of sp³-hybridized carbons (Fsp3) is 0.267. The summed E-state index contributed by atoms with van der Waals surface area (Å²) in [6, 6.07) is 6.16. The Balaban J connectivity index is 2.17. The number of urea groups is 1. The molecule has 0 radical (unpaired) electrons. The van der Waals surface area contributed by atoms with Crippen molar-refractivity contribution in [2.24, 2.45) is 7.05 Å². The number of esters is 1. The number of hydrogen-bond donors (Lipinski definition) is 2. The number of carbonyl (C=O) groups is 2. The van der Waals surface area contributed by atoms with Crippen molar-refractivity contribution in [3.8, 4) is 0 Å². The highest BCUT2D eigenvalue weighted by molar-refractivity contribution is 6.30. The Bertz CT molecular complexity index is 725. The van der Waals surface area contributed by atoms with E-state index in [1.807, 2.05) is 0 Å². The molecule has 23 heavy (non-hydrogen) atoms. The van der Waals surface area contributed by atoms with Crippen LogP contribution in [0.5, 0.6) is 0 Å². The number of hydrogen-bond acceptors (Lipinski definition) is 4. The highest BCUT2D eigenvalue weighted by Crippen LogP contribution is 2.20. The summed E-state index contributed by atoms with van der Waals surface area (Å²) in [6.07, 6.45) is 0. The Hall–Kier alpha value is -2.54. The van der Waals surface area contributed by atoms with Gasteiger partial charge in [0.1, 0.15) is 11.4 Å². The number of aryl methyl sites for hydroxylation is 2. The van der Waals surface area contributed by atoms with Crippen LogP contribution in [0.1, 0.15) is 23.0 Å². The molecule has 2 aromatic rings. The number of anilines is 2. The molecule has 0 aliphatic carbocycles. The Morgan fingerprint density at radius 1 is 1.26 bits per heavy atom. The molecule has 0 spiro atoms. The van der Waals surface area contributed by atoms with Crippen LogP contribution in [0.4, 0.5) is 16.3 Å². The Kier molecular flexibility index (Phi) is 5.23. The van der Waals surface area contributed by atoms with Gasteiger partial charge in [-0.2, -0.15) is 5.10 Å². The minimum absolute atomic E-state index is 0.237. The van der Waals surface area contributed by atoms with Gasteiger partial charge in [-0.3, -0.25) is 10.00 Å². The molecule has 1 aromatic heterocycles. The topological polar surface area (TPSA) is 85.2 Å². The second-order valence-corrected chi connectivity index (χ2v) is 5.18. The summed E-state index contributed by atoms with van der Waals surface area (Å²) in [4.78, 5) is 24.1. The van der Waals surface area contributed by atoms with Crippen molar-refractivity contribution in [3.63, 3.8) is 0 Å². The van der Waals surface area contributed by atoms with Gasteiger partial charge in [0, 0.05) is 17.8 Å². The summed E-state index contributed by atoms with van der Waals surface area (Å²) in [7, 11) is 1.63. The molecule has 0 fully saturated rings. The first kappa shape index (κ1) is 16.8. The van der Waals surface area contributed by atoms with Crippen molar-refractivity contribution in [3.05, 3.63) is 40.5 Å². The summed E-state index contributed by atoms with van der Waals surface area (Å²) >= 11 is 5.80. The lowest BCUT2D eigenvalue weighted by molar-refractivity contribution is 0.0526. The fourth-order valence-corrected chi connectivity index (χ4v) is 2.18. The first-order valence-electron chi connectivity index (χ1n) is 6.96. The molecule has 8 heteroatoms. The Morgan fingerprint density at radius 3 is 2.52 bits per heavy atom. The number of nitrogens with one attached hydrogen (secondary N) is 2. The van der Waals surface area contributed by atoms with E-state index in [1.54, 1.807) is 45.2 Å². The average molecular weight is 337 g/mol. The highest BCUT2D eigenvalue weighted by atomic mass is 35.5. The number of rotatable bonds is 4. The summed E-state index contributed by atoms with van der Waals surface area (Å²) in [5.41, 5.74) is 1.29. The van der Waals surface area contributed by atoms with Crippen LogP contribution in [-0.4, -0.2) is 28.4 Å². The lowest BCUT2D eigenvalue weighted by atomic mass is 10.2. The number of nitrogens with zero attached hydrogens (tertiary/aromatic N) is 2. The number of aromatic nitrogens is 2. The third kappa shape index (κ3) is 4.01. The zero-order valence-corrected chi connectivity index (χ0v) is 13.8. The predicted molar refractivity (Wildman–Crippen MR) is 88.0 cm³/mol. The zero-order chi connectivity index (χ0) is 17.0. The molecule has 0 aliphatic heterocycles. The van der Waals surface area contributed by atoms with Gasteiger partial charge in [0.25, 0.3) is 0 Å². The van der Waals surface area contributed by atoms with Crippen molar-refractivity contribution in [2.75, 3.05) is 17.2 Å². The standard InChI is InChI=1S/C15H17ClN4O3/c1-4-23-14(21)12-9(2)19-20(3)13(12)18-15(22)17-11-7-5-10(16)6-8-11/h5-8H,4H2,1-3H3,(H2,17,18,22). The smallest absolute Gasteiger partial charge is 0.343 e. The van der Waals surface area contributed by atoms with Gasteiger partial charge in [0.15, 0.2) is 0 Å². The number of amides is 2. The second-order valence-electron chi connectivity index (χ2n) is 4.74. The summed E-state index contributed by atoms with van der Waals surface area (Å²) in [6.45, 7) is 3.63. The highest BCUT2D eigenvalue weighted by Gasteiger charge is 2.22. The first-order chi connectivity index (χ1) is 10.9. The van der Waals surface area contributed by atoms with Crippen LogP contribution in [0.3, 0.4) is 0 Å². The van der Waals surface area contributed by atoms with Crippen molar-refractivity contribution in [1.82, 2.24) is 9.78 Å². The van der Waals surface area contributed by atoms with Crippen LogP contribution in [0.25, 0.3) is 0 Å². The molecular weight excluding hydrogens is 320 g/mol. The van der Waals surface area contributed by atoms with Crippen LogP contribution in [-0.2, 0) is 11.8 Å². The molecule has 0 unspecified atom stereocenters. The average Bonchev–Trinajstić information content (AvgIpc) is 2.76. The molecule has 0 atom stereocenters. The normalized spacial score (nSPS) is 10.3. The molecule has 0 saturated carbocycles. The van der Waals surface area contributed by atoms with Crippen molar-refractivity contribution >= 4 is 35.1 Å². The van der Waals surface area contributed by atoms with E-state index >= 15 is 0 Å². The third-order valence-electron chi connectivity index (χ3n) is 3.04. The minimum Gasteiger partial charge on any atom is -0.462 e. The van der Waals surface area contributed by atoms with E-state index < -0.39 is 12.0 Å². The zero-order valence-electron chi connectivity index (χ0n) is 13.0. The van der Waals surface area contributed by atoms with Gasteiger partial charge in [0.05, 0.1) is 12.3 Å². The van der Waals surface area contributed by atoms with Gasteiger partial charge < -0.3 is 10.1 Å². The van der Waals surface area contributed by atoms with Crippen LogP contribution >= 0.6 is 11.6 Å². The van der Waals surface area contributed by atoms with Gasteiger partial charge in [-0.25, -0.2) is 9.59 Å². The first-order valence-corrected chi connectivity index (χ1v) is 7.34. The maximum atomic E-state index is 12.1. The second kappa shape index (κ2) is 7.15. The molecule has 0 aliphatic rings. The van der Waals surface area contributed by atoms with Crippen molar-refractivity contribution in [1.29, 1.82) is 0 Å². The third-order valence-corrected chi connectivity index (χ3v) is 3.29. The number of carbonyl (C=O) groups excluding carboxylic acids is 2. The molecule has 0 bridgehead atoms. The lowest BCUT2D eigenvalue weighted by Crippen LogP contribution is -2.22. The van der Waals surface area contributed by atoms with E-state index in [1.165, 1.54) is 4.68 Å². The van der Waals surface area contributed by atoms with E-state index in [-0.39, 0.29) is 18.0 Å². The van der Waals surface area contributed by atoms with Crippen molar-refractivity contribution in [2.45, 2.75) is 13.8 Å². The molecule has 2 rings (SSSR count). The lowest BCUT2D eigenvalue weighted by Gasteiger charge is -2.10. The van der Waals surface area contributed by atoms with Gasteiger partial charge >= 0.3 is 12.0 Å². The summed E-state index contributed by atoms with van der Waals surface area (Å²) < 4.78 is 6.42. The summed E-state index contributed by atoms with van der Waals surface area (Å²) in [5.74, 6) is -0.257. The summed E-state index contributed by atoms with van der Waals surface area (Å²) in [5, 5.41) is 9.98. The molecule has 1 aromatic carbocycles. The SMILES string of the molecule is CCOC(=O)c1c(C)nn(C)c1NC(=O)Nc1ccc(Cl)cc1. The van der Waals surface area contributed by atoms with E-state index in [2.05, 4.69) is 15.7 Å². The Labute approximate surface area is 138 Å². The van der Waals surface area contributed by atoms with E-state index in [0.717, 1.165) is 0 Å². The van der Waals surface area contributed by atoms with E-state index in [9.17, 15) is 9.59 Å². The maximum absolute atomic E-state index is 12.1. The van der Waals surface area contributed by atoms with E-state index in [0.29, 0.717) is 16.4 Å². The van der Waals surface area contributed by atoms with Crippen molar-refractivity contribution < 1.29 is 14.3 Å². The van der Waals surface area contributed by atoms with Gasteiger partial charge in [-0.1, -0.05) is 11.6 Å². The van der Waals surface area contributed by atoms with Gasteiger partial charge in [0.2, 0.25) is 0 Å². The Morgan fingerprint density at radius 2 is 1.91 bits per heavy atom. The molecule has 2 N–H and O–H groups in total. The largest absolute Gasteiger partial charge is 0.462 e. The number of ether oxygens (including phenoxy) is 1. The predicted octanol–water partition coefficient (Wildman–Crippen LogP) is 3.20. The fourth-order valence-electron chi connectivity index (χ4n) is 2.05. The van der Waals surface area contributed by atoms with E-state index in [4.69, 9.17) is 16.3 Å². The molecular formula is C15H17ClN4O3. The minimum atomic E-state index is -0.528. The molecule has 122 valence electrons. The monoisotopic (exact) mass is 336 g/mol. The van der Waals surface area contributed by atoms with Gasteiger partial charge in [-0.15, -0.1) is 0 Å². The quantitative estimate of drug-likeness (QED) is 0.839. The van der Waals surface area contributed by atoms with Crippen LogP contribution < -0.4 is 10.6 Å². The van der Waals surface area contributed by atoms with Gasteiger partial charge in [-0.05, 0) is 38.1 Å². The molecule has 7 nitrogen and oxygen atoms in total. The molecule has 0 saturated heterocycles. The molecule has 1 heterocycles. The van der Waals surface area contributed by atoms with Crippen LogP contribution in [0, 0.1) is 6.92 Å². The number of benzene rings is 1. The molecule has 2 amide bonds. The van der Waals surface area contributed by atoms with Crippen LogP contribution in [0.2, 0.25) is 5.02 Å². The maximum Gasteiger partial charge on any atom is 0.343 e. The number of halogens is 1.